The Labute approximate surface area is 162 Å². The molecular weight excluding hydrogens is 388 g/mol. The van der Waals surface area contributed by atoms with Gasteiger partial charge in [0.05, 0.1) is 5.02 Å². The second-order valence-electron chi connectivity index (χ2n) is 6.05. The predicted octanol–water partition coefficient (Wildman–Crippen LogP) is 6.77. The fourth-order valence-electron chi connectivity index (χ4n) is 2.26. The molecule has 0 saturated carbocycles. The first-order chi connectivity index (χ1) is 12.8. The van der Waals surface area contributed by atoms with Gasteiger partial charge in [0, 0.05) is 5.69 Å². The number of benzene rings is 3. The molecule has 0 aliphatic carbocycles. The van der Waals surface area contributed by atoms with Crippen LogP contribution < -0.4 is 14.1 Å². The number of aryl methyl sites for hydroxylation is 2. The Kier molecular flexibility index (Phi) is 5.73. The van der Waals surface area contributed by atoms with Crippen LogP contribution in [-0.4, -0.2) is 0 Å². The van der Waals surface area contributed by atoms with E-state index in [1.807, 2.05) is 38.1 Å². The van der Waals surface area contributed by atoms with Crippen molar-refractivity contribution in [3.63, 3.8) is 0 Å². The van der Waals surface area contributed by atoms with E-state index in [0.29, 0.717) is 17.2 Å². The van der Waals surface area contributed by atoms with E-state index in [1.165, 1.54) is 18.2 Å². The highest BCUT2D eigenvalue weighted by atomic mass is 35.5. The van der Waals surface area contributed by atoms with Gasteiger partial charge in [-0.05, 0) is 56.3 Å². The number of anilines is 1. The minimum atomic E-state index is -3.88. The van der Waals surface area contributed by atoms with E-state index < -0.39 is 13.6 Å². The van der Waals surface area contributed by atoms with Gasteiger partial charge in [-0.3, -0.25) is 5.09 Å². The number of nitrogens with one attached hydrogen (secondary N) is 1. The van der Waals surface area contributed by atoms with Crippen LogP contribution in [0.1, 0.15) is 11.1 Å². The van der Waals surface area contributed by atoms with Crippen molar-refractivity contribution in [3.05, 3.63) is 88.7 Å². The lowest BCUT2D eigenvalue weighted by atomic mass is 10.2. The normalized spacial score (nSPS) is 11.1. The standard InChI is InChI=1S/C20H18ClFNO3P/c1-14-3-8-17(9-4-14)25-27(24,26-18-10-5-15(2)6-11-18)23-16-7-12-20(22)19(21)13-16/h3-13H,1-2H3,(H,23,24). The largest absolute Gasteiger partial charge is 0.541 e. The molecular formula is C20H18ClFNO3P. The van der Waals surface area contributed by atoms with Crippen molar-refractivity contribution in [3.8, 4) is 11.5 Å². The van der Waals surface area contributed by atoms with Crippen molar-refractivity contribution >= 4 is 25.0 Å². The molecule has 27 heavy (non-hydrogen) atoms. The molecule has 0 atom stereocenters. The van der Waals surface area contributed by atoms with E-state index in [1.54, 1.807) is 24.3 Å². The molecule has 7 heteroatoms. The van der Waals surface area contributed by atoms with Crippen LogP contribution in [0.15, 0.2) is 66.7 Å². The third-order valence-corrected chi connectivity index (χ3v) is 5.40. The zero-order chi connectivity index (χ0) is 19.4. The summed E-state index contributed by atoms with van der Waals surface area (Å²) < 4.78 is 38.1. The Morgan fingerprint density at radius 1 is 0.852 bits per heavy atom. The SMILES string of the molecule is Cc1ccc(OP(=O)(Nc2ccc(F)c(Cl)c2)Oc2ccc(C)cc2)cc1. The zero-order valence-electron chi connectivity index (χ0n) is 14.8. The lowest BCUT2D eigenvalue weighted by molar-refractivity contribution is 0.392. The van der Waals surface area contributed by atoms with Gasteiger partial charge < -0.3 is 9.05 Å². The van der Waals surface area contributed by atoms with Gasteiger partial charge in [-0.2, -0.15) is 0 Å². The summed E-state index contributed by atoms with van der Waals surface area (Å²) in [5, 5.41) is 2.61. The average molecular weight is 406 g/mol. The lowest BCUT2D eigenvalue weighted by Crippen LogP contribution is -2.10. The Morgan fingerprint density at radius 3 is 1.78 bits per heavy atom. The summed E-state index contributed by atoms with van der Waals surface area (Å²) in [5.74, 6) is 0.171. The molecule has 0 radical (unpaired) electrons. The van der Waals surface area contributed by atoms with Gasteiger partial charge in [0.15, 0.2) is 0 Å². The van der Waals surface area contributed by atoms with Crippen LogP contribution in [0.25, 0.3) is 0 Å². The fraction of sp³-hybridized carbons (Fsp3) is 0.100. The van der Waals surface area contributed by atoms with Crippen LogP contribution in [0.5, 0.6) is 11.5 Å². The van der Waals surface area contributed by atoms with Crippen molar-refractivity contribution in [2.45, 2.75) is 13.8 Å². The van der Waals surface area contributed by atoms with Crippen LogP contribution in [0.2, 0.25) is 5.02 Å². The van der Waals surface area contributed by atoms with Crippen LogP contribution in [0.4, 0.5) is 10.1 Å². The summed E-state index contributed by atoms with van der Waals surface area (Å²) >= 11 is 5.81. The quantitative estimate of drug-likeness (QED) is 0.459. The molecule has 0 spiro atoms. The second kappa shape index (κ2) is 8.03. The summed E-state index contributed by atoms with van der Waals surface area (Å²) in [4.78, 5) is 0. The summed E-state index contributed by atoms with van der Waals surface area (Å²) in [5.41, 5.74) is 2.38. The average Bonchev–Trinajstić information content (AvgIpc) is 2.62. The molecule has 0 unspecified atom stereocenters. The summed E-state index contributed by atoms with van der Waals surface area (Å²) in [6.45, 7) is 3.87. The van der Waals surface area contributed by atoms with E-state index in [-0.39, 0.29) is 5.02 Å². The Balaban J connectivity index is 1.90. The van der Waals surface area contributed by atoms with Crippen molar-refractivity contribution in [1.29, 1.82) is 0 Å². The molecule has 3 aromatic carbocycles. The van der Waals surface area contributed by atoms with Gasteiger partial charge in [0.25, 0.3) is 0 Å². The molecule has 4 nitrogen and oxygen atoms in total. The highest BCUT2D eigenvalue weighted by Gasteiger charge is 2.29. The molecule has 0 amide bonds. The number of rotatable bonds is 6. The molecule has 0 fully saturated rings. The van der Waals surface area contributed by atoms with Gasteiger partial charge in [-0.1, -0.05) is 47.0 Å². The Bertz CT molecular complexity index is 926. The summed E-state index contributed by atoms with van der Waals surface area (Å²) in [6, 6.07) is 18.0. The molecule has 3 rings (SSSR count). The Hall–Kier alpha value is -2.49. The molecule has 0 aliphatic heterocycles. The summed E-state index contributed by atoms with van der Waals surface area (Å²) in [6.07, 6.45) is 0. The van der Waals surface area contributed by atoms with Gasteiger partial charge >= 0.3 is 7.75 Å². The lowest BCUT2D eigenvalue weighted by Gasteiger charge is -2.21. The maximum atomic E-state index is 13.4. The fourth-order valence-corrected chi connectivity index (χ4v) is 3.83. The minimum Gasteiger partial charge on any atom is -0.400 e. The molecule has 0 aromatic heterocycles. The predicted molar refractivity (Wildman–Crippen MR) is 106 cm³/mol. The summed E-state index contributed by atoms with van der Waals surface area (Å²) in [7, 11) is -3.88. The van der Waals surface area contributed by atoms with Crippen molar-refractivity contribution in [2.75, 3.05) is 5.09 Å². The molecule has 140 valence electrons. The van der Waals surface area contributed by atoms with E-state index >= 15 is 0 Å². The van der Waals surface area contributed by atoms with Crippen LogP contribution in [0.3, 0.4) is 0 Å². The first kappa shape index (κ1) is 19.3. The monoisotopic (exact) mass is 405 g/mol. The van der Waals surface area contributed by atoms with E-state index in [4.69, 9.17) is 20.6 Å². The molecule has 0 heterocycles. The van der Waals surface area contributed by atoms with Crippen molar-refractivity contribution in [1.82, 2.24) is 0 Å². The van der Waals surface area contributed by atoms with E-state index in [9.17, 15) is 8.96 Å². The van der Waals surface area contributed by atoms with Crippen LogP contribution in [-0.2, 0) is 4.57 Å². The first-order valence-corrected chi connectivity index (χ1v) is 10.1. The highest BCUT2D eigenvalue weighted by molar-refractivity contribution is 7.56. The highest BCUT2D eigenvalue weighted by Crippen LogP contribution is 2.48. The first-order valence-electron chi connectivity index (χ1n) is 8.19. The minimum absolute atomic E-state index is 0.0998. The topological polar surface area (TPSA) is 47.6 Å². The molecule has 3 aromatic rings. The zero-order valence-corrected chi connectivity index (χ0v) is 16.4. The molecule has 0 bridgehead atoms. The van der Waals surface area contributed by atoms with Gasteiger partial charge in [0.1, 0.15) is 17.3 Å². The Morgan fingerprint density at radius 2 is 1.33 bits per heavy atom. The maximum absolute atomic E-state index is 13.4. The van der Waals surface area contributed by atoms with Crippen LogP contribution >= 0.6 is 19.3 Å². The molecule has 1 N–H and O–H groups in total. The van der Waals surface area contributed by atoms with Gasteiger partial charge in [0.2, 0.25) is 0 Å². The molecule has 0 aliphatic rings. The van der Waals surface area contributed by atoms with E-state index in [0.717, 1.165) is 11.1 Å². The van der Waals surface area contributed by atoms with Gasteiger partial charge in [-0.25, -0.2) is 8.96 Å². The van der Waals surface area contributed by atoms with Crippen molar-refractivity contribution < 1.29 is 18.0 Å². The maximum Gasteiger partial charge on any atom is 0.541 e. The smallest absolute Gasteiger partial charge is 0.400 e. The van der Waals surface area contributed by atoms with E-state index in [2.05, 4.69) is 5.09 Å². The third kappa shape index (κ3) is 5.25. The van der Waals surface area contributed by atoms with Crippen molar-refractivity contribution in [2.24, 2.45) is 0 Å². The molecule has 0 saturated heterocycles. The number of hydrogen-bond acceptors (Lipinski definition) is 3. The van der Waals surface area contributed by atoms with Gasteiger partial charge in [-0.15, -0.1) is 0 Å². The number of hydrogen-bond donors (Lipinski definition) is 1. The third-order valence-electron chi connectivity index (χ3n) is 3.68. The second-order valence-corrected chi connectivity index (χ2v) is 8.04. The number of halogens is 2. The van der Waals surface area contributed by atoms with Crippen LogP contribution in [0, 0.1) is 19.7 Å².